The van der Waals surface area contributed by atoms with E-state index in [2.05, 4.69) is 4.98 Å². The molecule has 0 aliphatic rings. The lowest BCUT2D eigenvalue weighted by molar-refractivity contribution is 0.108. The molecule has 0 radical (unpaired) electrons. The zero-order valence-corrected chi connectivity index (χ0v) is 8.11. The lowest BCUT2D eigenvalue weighted by atomic mass is 10.2. The number of pyridine rings is 1. The number of nitrogens with zero attached hydrogens (tertiary/aromatic N) is 1. The Morgan fingerprint density at radius 3 is 2.57 bits per heavy atom. The minimum absolute atomic E-state index is 0.264. The third kappa shape index (κ3) is 2.10. The van der Waals surface area contributed by atoms with Gasteiger partial charge in [-0.25, -0.2) is 13.8 Å². The molecule has 1 rings (SSSR count). The first-order valence-corrected chi connectivity index (χ1v) is 4.13. The van der Waals surface area contributed by atoms with Crippen LogP contribution < -0.4 is 5.73 Å². The van der Waals surface area contributed by atoms with Crippen molar-refractivity contribution in [2.24, 2.45) is 0 Å². The highest BCUT2D eigenvalue weighted by atomic mass is 35.5. The molecule has 0 atom stereocenters. The zero-order valence-electron chi connectivity index (χ0n) is 6.60. The molecule has 0 bridgehead atoms. The summed E-state index contributed by atoms with van der Waals surface area (Å²) < 4.78 is 24.6. The van der Waals surface area contributed by atoms with E-state index >= 15 is 0 Å². The van der Waals surface area contributed by atoms with Crippen molar-refractivity contribution in [2.75, 3.05) is 5.73 Å². The van der Waals surface area contributed by atoms with Gasteiger partial charge >= 0.3 is 0 Å². The number of alkyl halides is 2. The van der Waals surface area contributed by atoms with Gasteiger partial charge in [0.1, 0.15) is 11.0 Å². The molecule has 0 unspecified atom stereocenters. The van der Waals surface area contributed by atoms with Crippen LogP contribution in [0, 0.1) is 0 Å². The number of hydrogen-bond donors (Lipinski definition) is 1. The summed E-state index contributed by atoms with van der Waals surface area (Å²) in [7, 11) is 0. The number of anilines is 1. The number of aromatic nitrogens is 1. The Morgan fingerprint density at radius 1 is 1.57 bits per heavy atom. The van der Waals surface area contributed by atoms with E-state index < -0.39 is 22.4 Å². The fourth-order valence-corrected chi connectivity index (χ4v) is 1.21. The van der Waals surface area contributed by atoms with E-state index in [1.807, 2.05) is 0 Å². The smallest absolute Gasteiger partial charge is 0.266 e. The highest BCUT2D eigenvalue weighted by Gasteiger charge is 2.18. The van der Waals surface area contributed by atoms with E-state index in [1.165, 1.54) is 0 Å². The molecule has 0 aliphatic carbocycles. The highest BCUT2D eigenvalue weighted by Crippen LogP contribution is 2.28. The Balaban J connectivity index is 3.34. The Bertz CT molecular complexity index is 384. The number of nitrogens with two attached hydrogens (primary N) is 1. The van der Waals surface area contributed by atoms with Crippen molar-refractivity contribution >= 4 is 34.3 Å². The monoisotopic (exact) mass is 240 g/mol. The maximum atomic E-state index is 12.3. The minimum Gasteiger partial charge on any atom is -0.383 e. The van der Waals surface area contributed by atoms with Gasteiger partial charge in [-0.1, -0.05) is 11.6 Å². The SMILES string of the molecule is Nc1nc(Cl)c(C(F)F)cc1C(=O)Cl. The van der Waals surface area contributed by atoms with Crippen LogP contribution in [0.3, 0.4) is 0 Å². The molecule has 1 heterocycles. The fourth-order valence-electron chi connectivity index (χ4n) is 0.830. The molecule has 0 saturated heterocycles. The number of halogens is 4. The molecule has 14 heavy (non-hydrogen) atoms. The van der Waals surface area contributed by atoms with Crippen molar-refractivity contribution in [1.82, 2.24) is 4.98 Å². The van der Waals surface area contributed by atoms with Gasteiger partial charge < -0.3 is 5.73 Å². The summed E-state index contributed by atoms with van der Waals surface area (Å²) in [6.45, 7) is 0. The number of carbonyl (C=O) groups is 1. The first-order valence-electron chi connectivity index (χ1n) is 3.37. The summed E-state index contributed by atoms with van der Waals surface area (Å²) in [5.74, 6) is -0.264. The zero-order chi connectivity index (χ0) is 10.9. The van der Waals surface area contributed by atoms with Crippen molar-refractivity contribution in [1.29, 1.82) is 0 Å². The van der Waals surface area contributed by atoms with Crippen LogP contribution in [0.25, 0.3) is 0 Å². The molecule has 1 aromatic rings. The molecule has 1 aromatic heterocycles. The largest absolute Gasteiger partial charge is 0.383 e. The average Bonchev–Trinajstić information content (AvgIpc) is 2.02. The van der Waals surface area contributed by atoms with Crippen LogP contribution >= 0.6 is 23.2 Å². The molecule has 0 spiro atoms. The maximum absolute atomic E-state index is 12.3. The predicted octanol–water partition coefficient (Wildman–Crippen LogP) is 2.63. The Kier molecular flexibility index (Phi) is 3.23. The molecule has 0 fully saturated rings. The molecule has 7 heteroatoms. The van der Waals surface area contributed by atoms with Gasteiger partial charge in [-0.05, 0) is 17.7 Å². The highest BCUT2D eigenvalue weighted by molar-refractivity contribution is 6.68. The van der Waals surface area contributed by atoms with Crippen LogP contribution in [-0.2, 0) is 0 Å². The van der Waals surface area contributed by atoms with Crippen molar-refractivity contribution in [3.63, 3.8) is 0 Å². The van der Waals surface area contributed by atoms with E-state index in [0.717, 1.165) is 6.07 Å². The molecule has 0 saturated carbocycles. The fraction of sp³-hybridized carbons (Fsp3) is 0.143. The van der Waals surface area contributed by atoms with E-state index in [1.54, 1.807) is 0 Å². The summed E-state index contributed by atoms with van der Waals surface area (Å²) in [4.78, 5) is 14.1. The average molecular weight is 241 g/mol. The van der Waals surface area contributed by atoms with Crippen molar-refractivity contribution in [3.8, 4) is 0 Å². The quantitative estimate of drug-likeness (QED) is 0.639. The summed E-state index contributed by atoms with van der Waals surface area (Å²) >= 11 is 10.5. The van der Waals surface area contributed by atoms with Gasteiger partial charge in [0.05, 0.1) is 11.1 Å². The van der Waals surface area contributed by atoms with E-state index in [-0.39, 0.29) is 11.4 Å². The minimum atomic E-state index is -2.83. The van der Waals surface area contributed by atoms with Crippen LogP contribution in [0.2, 0.25) is 5.15 Å². The second-order valence-electron chi connectivity index (χ2n) is 2.38. The molecule has 3 nitrogen and oxygen atoms in total. The van der Waals surface area contributed by atoms with E-state index in [4.69, 9.17) is 28.9 Å². The lowest BCUT2D eigenvalue weighted by Crippen LogP contribution is -2.03. The molecule has 76 valence electrons. The molecular weight excluding hydrogens is 237 g/mol. The van der Waals surface area contributed by atoms with Crippen molar-refractivity contribution in [2.45, 2.75) is 6.43 Å². The standard InChI is InChI=1S/C7H4Cl2F2N2O/c8-4-2(6(10)11)1-3(5(9)14)7(12)13-4/h1,6H,(H2,12,13). The van der Waals surface area contributed by atoms with E-state index in [0.29, 0.717) is 0 Å². The predicted molar refractivity (Wildman–Crippen MR) is 48.8 cm³/mol. The van der Waals surface area contributed by atoms with Crippen LogP contribution in [0.4, 0.5) is 14.6 Å². The number of nitrogen functional groups attached to an aromatic ring is 1. The summed E-state index contributed by atoms with van der Waals surface area (Å²) in [6.07, 6.45) is -2.83. The number of carbonyl (C=O) groups excluding carboxylic acids is 1. The van der Waals surface area contributed by atoms with Gasteiger partial charge in [0, 0.05) is 0 Å². The second kappa shape index (κ2) is 4.06. The van der Waals surface area contributed by atoms with Gasteiger partial charge in [-0.15, -0.1) is 0 Å². The van der Waals surface area contributed by atoms with Crippen LogP contribution in [0.1, 0.15) is 22.3 Å². The van der Waals surface area contributed by atoms with Crippen molar-refractivity contribution < 1.29 is 13.6 Å². The first-order chi connectivity index (χ1) is 6.43. The normalized spacial score (nSPS) is 10.6. The number of hydrogen-bond acceptors (Lipinski definition) is 3. The van der Waals surface area contributed by atoms with Crippen LogP contribution in [0.5, 0.6) is 0 Å². The maximum Gasteiger partial charge on any atom is 0.266 e. The third-order valence-corrected chi connectivity index (χ3v) is 1.99. The first kappa shape index (κ1) is 11.1. The topological polar surface area (TPSA) is 56.0 Å². The van der Waals surface area contributed by atoms with Gasteiger partial charge in [0.25, 0.3) is 11.7 Å². The Morgan fingerprint density at radius 2 is 2.14 bits per heavy atom. The van der Waals surface area contributed by atoms with Crippen LogP contribution in [0.15, 0.2) is 6.07 Å². The van der Waals surface area contributed by atoms with Gasteiger partial charge in [-0.2, -0.15) is 0 Å². The molecule has 0 aliphatic heterocycles. The second-order valence-corrected chi connectivity index (χ2v) is 3.08. The van der Waals surface area contributed by atoms with Gasteiger partial charge in [0.15, 0.2) is 0 Å². The van der Waals surface area contributed by atoms with E-state index in [9.17, 15) is 13.6 Å². The summed E-state index contributed by atoms with van der Waals surface area (Å²) in [5.41, 5.74) is 4.41. The molecule has 0 aromatic carbocycles. The van der Waals surface area contributed by atoms with Crippen molar-refractivity contribution in [3.05, 3.63) is 22.3 Å². The summed E-state index contributed by atoms with van der Waals surface area (Å²) in [6, 6.07) is 0.838. The Labute approximate surface area is 87.8 Å². The summed E-state index contributed by atoms with van der Waals surface area (Å²) in [5, 5.41) is -1.38. The van der Waals surface area contributed by atoms with Gasteiger partial charge in [-0.3, -0.25) is 4.79 Å². The van der Waals surface area contributed by atoms with Gasteiger partial charge in [0.2, 0.25) is 0 Å². The Hall–Kier alpha value is -0.940. The third-order valence-electron chi connectivity index (χ3n) is 1.48. The molecule has 2 N–H and O–H groups in total. The molecular formula is C7H4Cl2F2N2O. The number of rotatable bonds is 2. The van der Waals surface area contributed by atoms with Crippen LogP contribution in [-0.4, -0.2) is 10.2 Å². The molecule has 0 amide bonds. The lowest BCUT2D eigenvalue weighted by Gasteiger charge is -2.05.